The third-order valence-electron chi connectivity index (χ3n) is 8.60. The van der Waals surface area contributed by atoms with Crippen molar-refractivity contribution in [1.82, 2.24) is 0 Å². The summed E-state index contributed by atoms with van der Waals surface area (Å²) in [5.41, 5.74) is 0. The molecule has 0 aromatic carbocycles. The fourth-order valence-electron chi connectivity index (χ4n) is 6.85. The third-order valence-corrected chi connectivity index (χ3v) is 8.60. The molecule has 4 aliphatic rings. The van der Waals surface area contributed by atoms with Crippen LogP contribution in [0.15, 0.2) is 0 Å². The molecule has 0 aromatic rings. The van der Waals surface area contributed by atoms with Gasteiger partial charge in [0.2, 0.25) is 0 Å². The lowest BCUT2D eigenvalue weighted by atomic mass is 9.64. The first-order chi connectivity index (χ1) is 13.3. The molecule has 4 atom stereocenters. The fraction of sp³-hybridized carbons (Fsp3) is 0.960. The van der Waals surface area contributed by atoms with Crippen molar-refractivity contribution in [3.63, 3.8) is 0 Å². The summed E-state index contributed by atoms with van der Waals surface area (Å²) < 4.78 is 5.90. The SMILES string of the molecule is O=C(OC1CCCCC1)C1CCC2CC(CCC3CCCCC3)CCC2C1. The van der Waals surface area contributed by atoms with Crippen LogP contribution in [-0.2, 0) is 9.53 Å². The number of ether oxygens (including phenoxy) is 1. The standard InChI is InChI=1S/C25H42O2/c26-25(27-24-9-5-2-6-10-24)23-16-15-21-17-20(13-14-22(21)18-23)12-11-19-7-3-1-4-8-19/h19-24H,1-18H2. The summed E-state index contributed by atoms with van der Waals surface area (Å²) in [6.45, 7) is 0. The van der Waals surface area contributed by atoms with Crippen LogP contribution in [0, 0.1) is 29.6 Å². The van der Waals surface area contributed by atoms with E-state index in [9.17, 15) is 4.79 Å². The Hall–Kier alpha value is -0.530. The second-order valence-electron chi connectivity index (χ2n) is 10.5. The van der Waals surface area contributed by atoms with Crippen LogP contribution >= 0.6 is 0 Å². The molecule has 4 fully saturated rings. The van der Waals surface area contributed by atoms with Crippen LogP contribution in [0.2, 0.25) is 0 Å². The Morgan fingerprint density at radius 2 is 1.26 bits per heavy atom. The van der Waals surface area contributed by atoms with E-state index < -0.39 is 0 Å². The number of rotatable bonds is 5. The molecule has 0 bridgehead atoms. The molecule has 4 aliphatic carbocycles. The van der Waals surface area contributed by atoms with Gasteiger partial charge in [-0.3, -0.25) is 4.79 Å². The maximum Gasteiger partial charge on any atom is 0.309 e. The number of carbonyl (C=O) groups is 1. The van der Waals surface area contributed by atoms with Crippen LogP contribution < -0.4 is 0 Å². The molecule has 4 rings (SSSR count). The number of fused-ring (bicyclic) bond motifs is 1. The van der Waals surface area contributed by atoms with E-state index >= 15 is 0 Å². The predicted octanol–water partition coefficient (Wildman–Crippen LogP) is 7.06. The van der Waals surface area contributed by atoms with E-state index in [1.165, 1.54) is 89.9 Å². The third kappa shape index (κ3) is 5.51. The Labute approximate surface area is 167 Å². The van der Waals surface area contributed by atoms with Gasteiger partial charge in [-0.05, 0) is 81.5 Å². The lowest BCUT2D eigenvalue weighted by Crippen LogP contribution is -2.35. The van der Waals surface area contributed by atoms with E-state index in [1.807, 2.05) is 0 Å². The molecule has 0 saturated heterocycles. The molecule has 4 saturated carbocycles. The van der Waals surface area contributed by atoms with Gasteiger partial charge in [0.05, 0.1) is 5.92 Å². The van der Waals surface area contributed by atoms with Crippen molar-refractivity contribution in [3.05, 3.63) is 0 Å². The van der Waals surface area contributed by atoms with Crippen molar-refractivity contribution >= 4 is 5.97 Å². The summed E-state index contributed by atoms with van der Waals surface area (Å²) in [4.78, 5) is 12.7. The first kappa shape index (κ1) is 19.8. The molecule has 4 unspecified atom stereocenters. The quantitative estimate of drug-likeness (QED) is 0.482. The van der Waals surface area contributed by atoms with E-state index in [2.05, 4.69) is 0 Å². The highest BCUT2D eigenvalue weighted by Gasteiger charge is 2.38. The van der Waals surface area contributed by atoms with E-state index in [-0.39, 0.29) is 18.0 Å². The van der Waals surface area contributed by atoms with Gasteiger partial charge in [-0.15, -0.1) is 0 Å². The average molecular weight is 375 g/mol. The Kier molecular flexibility index (Phi) is 7.17. The summed E-state index contributed by atoms with van der Waals surface area (Å²) in [5.74, 6) is 4.12. The molecule has 0 radical (unpaired) electrons. The maximum atomic E-state index is 12.7. The topological polar surface area (TPSA) is 26.3 Å². The lowest BCUT2D eigenvalue weighted by Gasteiger charge is -2.42. The first-order valence-corrected chi connectivity index (χ1v) is 12.5. The van der Waals surface area contributed by atoms with Gasteiger partial charge in [-0.1, -0.05) is 57.8 Å². The van der Waals surface area contributed by atoms with E-state index in [1.54, 1.807) is 0 Å². The number of hydrogen-bond donors (Lipinski definition) is 0. The minimum absolute atomic E-state index is 0.153. The number of hydrogen-bond acceptors (Lipinski definition) is 2. The second-order valence-corrected chi connectivity index (χ2v) is 10.5. The van der Waals surface area contributed by atoms with Gasteiger partial charge in [0.25, 0.3) is 0 Å². The molecule has 154 valence electrons. The Morgan fingerprint density at radius 1 is 0.630 bits per heavy atom. The van der Waals surface area contributed by atoms with Crippen LogP contribution in [0.3, 0.4) is 0 Å². The van der Waals surface area contributed by atoms with Crippen LogP contribution in [-0.4, -0.2) is 12.1 Å². The van der Waals surface area contributed by atoms with Crippen molar-refractivity contribution < 1.29 is 9.53 Å². The number of esters is 1. The summed E-state index contributed by atoms with van der Waals surface area (Å²) >= 11 is 0. The highest BCUT2D eigenvalue weighted by molar-refractivity contribution is 5.72. The zero-order chi connectivity index (χ0) is 18.5. The summed E-state index contributed by atoms with van der Waals surface area (Å²) in [6, 6.07) is 0. The average Bonchev–Trinajstić information content (AvgIpc) is 2.73. The minimum Gasteiger partial charge on any atom is -0.462 e. The van der Waals surface area contributed by atoms with Crippen LogP contribution in [0.4, 0.5) is 0 Å². The Morgan fingerprint density at radius 3 is 2.04 bits per heavy atom. The van der Waals surface area contributed by atoms with Crippen molar-refractivity contribution in [2.75, 3.05) is 0 Å². The molecule has 0 N–H and O–H groups in total. The molecule has 0 aromatic heterocycles. The Balaban J connectivity index is 1.18. The van der Waals surface area contributed by atoms with E-state index in [0.717, 1.165) is 49.4 Å². The zero-order valence-electron chi connectivity index (χ0n) is 17.5. The molecule has 0 amide bonds. The van der Waals surface area contributed by atoms with Crippen molar-refractivity contribution in [2.45, 2.75) is 122 Å². The van der Waals surface area contributed by atoms with Crippen LogP contribution in [0.1, 0.15) is 116 Å². The van der Waals surface area contributed by atoms with E-state index in [0.29, 0.717) is 0 Å². The lowest BCUT2D eigenvalue weighted by molar-refractivity contribution is -0.158. The summed E-state index contributed by atoms with van der Waals surface area (Å²) in [7, 11) is 0. The van der Waals surface area contributed by atoms with Crippen LogP contribution in [0.5, 0.6) is 0 Å². The number of carbonyl (C=O) groups excluding carboxylic acids is 1. The first-order valence-electron chi connectivity index (χ1n) is 12.5. The highest BCUT2D eigenvalue weighted by Crippen LogP contribution is 2.46. The Bertz CT molecular complexity index is 461. The zero-order valence-corrected chi connectivity index (χ0v) is 17.5. The molecular formula is C25H42O2. The second kappa shape index (κ2) is 9.79. The van der Waals surface area contributed by atoms with Gasteiger partial charge in [0.1, 0.15) is 6.10 Å². The van der Waals surface area contributed by atoms with Gasteiger partial charge < -0.3 is 4.74 Å². The predicted molar refractivity (Wildman–Crippen MR) is 110 cm³/mol. The molecule has 0 heterocycles. The van der Waals surface area contributed by atoms with Gasteiger partial charge >= 0.3 is 5.97 Å². The highest BCUT2D eigenvalue weighted by atomic mass is 16.5. The normalized spacial score (nSPS) is 36.1. The molecule has 2 heteroatoms. The summed E-state index contributed by atoms with van der Waals surface area (Å²) in [5, 5.41) is 0. The molecule has 0 aliphatic heterocycles. The van der Waals surface area contributed by atoms with Gasteiger partial charge in [-0.2, -0.15) is 0 Å². The summed E-state index contributed by atoms with van der Waals surface area (Å²) in [6.07, 6.45) is 24.5. The van der Waals surface area contributed by atoms with Gasteiger partial charge in [0, 0.05) is 0 Å². The van der Waals surface area contributed by atoms with Crippen molar-refractivity contribution in [1.29, 1.82) is 0 Å². The molecule has 27 heavy (non-hydrogen) atoms. The molecule has 2 nitrogen and oxygen atoms in total. The smallest absolute Gasteiger partial charge is 0.309 e. The van der Waals surface area contributed by atoms with Gasteiger partial charge in [-0.25, -0.2) is 0 Å². The molecular weight excluding hydrogens is 332 g/mol. The van der Waals surface area contributed by atoms with Crippen molar-refractivity contribution in [3.8, 4) is 0 Å². The molecule has 0 spiro atoms. The monoisotopic (exact) mass is 374 g/mol. The minimum atomic E-state index is 0.153. The fourth-order valence-corrected chi connectivity index (χ4v) is 6.85. The van der Waals surface area contributed by atoms with Crippen molar-refractivity contribution in [2.24, 2.45) is 29.6 Å². The maximum absolute atomic E-state index is 12.7. The van der Waals surface area contributed by atoms with Crippen LogP contribution in [0.25, 0.3) is 0 Å². The van der Waals surface area contributed by atoms with E-state index in [4.69, 9.17) is 4.74 Å². The largest absolute Gasteiger partial charge is 0.462 e. The van der Waals surface area contributed by atoms with Gasteiger partial charge in [0.15, 0.2) is 0 Å².